The molecule has 0 heterocycles. The molecule has 0 bridgehead atoms. The van der Waals surface area contributed by atoms with E-state index in [4.69, 9.17) is 0 Å². The molecular formula is C50H102. The molecule has 0 saturated carbocycles. The van der Waals surface area contributed by atoms with Crippen molar-refractivity contribution in [3.8, 4) is 0 Å². The molecule has 2 atom stereocenters. The van der Waals surface area contributed by atoms with Crippen LogP contribution in [0.25, 0.3) is 0 Å². The van der Waals surface area contributed by atoms with Gasteiger partial charge in [0, 0.05) is 0 Å². The quantitative estimate of drug-likeness (QED) is 0.0555. The van der Waals surface area contributed by atoms with Gasteiger partial charge in [-0.3, -0.25) is 0 Å². The van der Waals surface area contributed by atoms with Crippen LogP contribution in [0.1, 0.15) is 311 Å². The molecule has 0 heteroatoms. The van der Waals surface area contributed by atoms with E-state index in [1.165, 1.54) is 250 Å². The van der Waals surface area contributed by atoms with E-state index in [-0.39, 0.29) is 0 Å². The highest BCUT2D eigenvalue weighted by Crippen LogP contribution is 2.48. The molecule has 0 aromatic carbocycles. The average molecular weight is 703 g/mol. The van der Waals surface area contributed by atoms with Gasteiger partial charge < -0.3 is 0 Å². The van der Waals surface area contributed by atoms with E-state index in [1.54, 1.807) is 25.7 Å². The van der Waals surface area contributed by atoms with E-state index in [9.17, 15) is 0 Å². The molecule has 0 saturated heterocycles. The normalized spacial score (nSPS) is 13.6. The Bertz CT molecular complexity index is 593. The fraction of sp³-hybridized carbons (Fsp3) is 1.00. The second kappa shape index (κ2) is 41.8. The molecule has 0 rings (SSSR count). The molecule has 0 N–H and O–H groups in total. The van der Waals surface area contributed by atoms with Crippen LogP contribution >= 0.6 is 0 Å². The lowest BCUT2D eigenvalue weighted by molar-refractivity contribution is 0.0817. The monoisotopic (exact) mass is 703 g/mol. The lowest BCUT2D eigenvalue weighted by Gasteiger charge is -2.43. The second-order valence-electron chi connectivity index (χ2n) is 17.6. The summed E-state index contributed by atoms with van der Waals surface area (Å²) in [5.74, 6) is 0.990. The summed E-state index contributed by atoms with van der Waals surface area (Å²) < 4.78 is 0. The molecule has 0 nitrogen and oxygen atoms in total. The largest absolute Gasteiger partial charge is 0.0654 e. The smallest absolute Gasteiger partial charge is 0.0269 e. The minimum Gasteiger partial charge on any atom is -0.0654 e. The Morgan fingerprint density at radius 3 is 0.680 bits per heavy atom. The molecule has 0 aromatic heterocycles. The first-order valence-electron chi connectivity index (χ1n) is 24.7. The fourth-order valence-corrected chi connectivity index (χ4v) is 9.26. The Labute approximate surface area is 321 Å². The first-order chi connectivity index (χ1) is 24.7. The number of hydrogen-bond donors (Lipinski definition) is 0. The zero-order chi connectivity index (χ0) is 36.5. The predicted octanol–water partition coefficient (Wildman–Crippen LogP) is 19.5. The van der Waals surface area contributed by atoms with Gasteiger partial charge in [-0.05, 0) is 43.4 Å². The molecule has 2 unspecified atom stereocenters. The zero-order valence-corrected chi connectivity index (χ0v) is 36.5. The van der Waals surface area contributed by atoms with Gasteiger partial charge in [0.25, 0.3) is 0 Å². The highest BCUT2D eigenvalue weighted by molar-refractivity contribution is 4.87. The third-order valence-corrected chi connectivity index (χ3v) is 12.8. The molecule has 0 radical (unpaired) electrons. The standard InChI is InChI=1S/C50H102/c1-6-11-16-20-24-27-29-30-31-33-36-40-45-49(44-15-10-5)50(46-41-37-23-19-14-9-4,47-42-38-34-26-22-18-13-8-3)48-43-39-35-32-28-25-21-17-12-7-2/h49H,6-48H2,1-5H3. The SMILES string of the molecule is CCCCCCCCCCCCCCC(CCCC)C(CCCCCCCC)(CCCCCCCCCC)CCCCCCCCCCCC. The molecule has 0 amide bonds. The summed E-state index contributed by atoms with van der Waals surface area (Å²) in [6.45, 7) is 11.8. The van der Waals surface area contributed by atoms with Crippen LogP contribution < -0.4 is 0 Å². The molecule has 0 spiro atoms. The number of unbranched alkanes of at least 4 members (excludes halogenated alkanes) is 33. The van der Waals surface area contributed by atoms with Crippen molar-refractivity contribution in [3.63, 3.8) is 0 Å². The maximum Gasteiger partial charge on any atom is -0.0269 e. The summed E-state index contributed by atoms with van der Waals surface area (Å²) in [6.07, 6.45) is 63.6. The Morgan fingerprint density at radius 1 is 0.220 bits per heavy atom. The van der Waals surface area contributed by atoms with Crippen molar-refractivity contribution in [1.82, 2.24) is 0 Å². The summed E-state index contributed by atoms with van der Waals surface area (Å²) in [5, 5.41) is 0. The van der Waals surface area contributed by atoms with Crippen LogP contribution in [0.2, 0.25) is 0 Å². The summed E-state index contributed by atoms with van der Waals surface area (Å²) >= 11 is 0. The van der Waals surface area contributed by atoms with Crippen LogP contribution in [0.4, 0.5) is 0 Å². The molecule has 0 aliphatic carbocycles. The van der Waals surface area contributed by atoms with Crippen molar-refractivity contribution >= 4 is 0 Å². The maximum absolute atomic E-state index is 2.46. The topological polar surface area (TPSA) is 0 Å². The molecule has 302 valence electrons. The predicted molar refractivity (Wildman–Crippen MR) is 233 cm³/mol. The Balaban J connectivity index is 5.29. The lowest BCUT2D eigenvalue weighted by atomic mass is 9.62. The van der Waals surface area contributed by atoms with Crippen LogP contribution in [-0.2, 0) is 0 Å². The van der Waals surface area contributed by atoms with Crippen LogP contribution in [0, 0.1) is 11.3 Å². The Morgan fingerprint density at radius 2 is 0.420 bits per heavy atom. The lowest BCUT2D eigenvalue weighted by Crippen LogP contribution is -2.31. The molecule has 0 aliphatic heterocycles. The third kappa shape index (κ3) is 32.6. The van der Waals surface area contributed by atoms with Crippen molar-refractivity contribution in [3.05, 3.63) is 0 Å². The van der Waals surface area contributed by atoms with Crippen molar-refractivity contribution < 1.29 is 0 Å². The van der Waals surface area contributed by atoms with Crippen molar-refractivity contribution in [2.45, 2.75) is 311 Å². The maximum atomic E-state index is 2.46. The molecule has 50 heavy (non-hydrogen) atoms. The van der Waals surface area contributed by atoms with E-state index < -0.39 is 0 Å². The molecular weight excluding hydrogens is 601 g/mol. The van der Waals surface area contributed by atoms with Crippen molar-refractivity contribution in [2.75, 3.05) is 0 Å². The van der Waals surface area contributed by atoms with Gasteiger partial charge in [-0.1, -0.05) is 279 Å². The summed E-state index contributed by atoms with van der Waals surface area (Å²) in [4.78, 5) is 0. The second-order valence-corrected chi connectivity index (χ2v) is 17.6. The van der Waals surface area contributed by atoms with Gasteiger partial charge in [0.1, 0.15) is 0 Å². The molecule has 0 aliphatic rings. The highest BCUT2D eigenvalue weighted by atomic mass is 14.4. The number of hydrogen-bond acceptors (Lipinski definition) is 0. The van der Waals surface area contributed by atoms with Crippen LogP contribution in [0.15, 0.2) is 0 Å². The van der Waals surface area contributed by atoms with Gasteiger partial charge in [0.2, 0.25) is 0 Å². The van der Waals surface area contributed by atoms with E-state index in [2.05, 4.69) is 34.6 Å². The van der Waals surface area contributed by atoms with Crippen LogP contribution in [0.3, 0.4) is 0 Å². The zero-order valence-electron chi connectivity index (χ0n) is 36.5. The highest BCUT2D eigenvalue weighted by Gasteiger charge is 2.36. The van der Waals surface area contributed by atoms with E-state index >= 15 is 0 Å². The number of rotatable bonds is 44. The van der Waals surface area contributed by atoms with Crippen molar-refractivity contribution in [1.29, 1.82) is 0 Å². The van der Waals surface area contributed by atoms with Crippen LogP contribution in [-0.4, -0.2) is 0 Å². The van der Waals surface area contributed by atoms with Gasteiger partial charge in [-0.15, -0.1) is 0 Å². The Hall–Kier alpha value is 0. The van der Waals surface area contributed by atoms with Gasteiger partial charge in [-0.25, -0.2) is 0 Å². The van der Waals surface area contributed by atoms with Gasteiger partial charge in [0.05, 0.1) is 0 Å². The first-order valence-corrected chi connectivity index (χ1v) is 24.7. The van der Waals surface area contributed by atoms with Crippen molar-refractivity contribution in [2.24, 2.45) is 11.3 Å². The van der Waals surface area contributed by atoms with Gasteiger partial charge in [-0.2, -0.15) is 0 Å². The first kappa shape index (κ1) is 50.0. The molecule has 0 aromatic rings. The molecule has 0 fully saturated rings. The van der Waals surface area contributed by atoms with E-state index in [0.717, 1.165) is 5.92 Å². The van der Waals surface area contributed by atoms with Gasteiger partial charge in [0.15, 0.2) is 0 Å². The Kier molecular flexibility index (Phi) is 41.8. The summed E-state index contributed by atoms with van der Waals surface area (Å²) in [6, 6.07) is 0. The minimum atomic E-state index is 0.639. The third-order valence-electron chi connectivity index (χ3n) is 12.8. The summed E-state index contributed by atoms with van der Waals surface area (Å²) in [7, 11) is 0. The van der Waals surface area contributed by atoms with Gasteiger partial charge >= 0.3 is 0 Å². The summed E-state index contributed by atoms with van der Waals surface area (Å²) in [5.41, 5.74) is 0.639. The minimum absolute atomic E-state index is 0.639. The fourth-order valence-electron chi connectivity index (χ4n) is 9.26. The average Bonchev–Trinajstić information content (AvgIpc) is 3.13. The van der Waals surface area contributed by atoms with E-state index in [0.29, 0.717) is 5.41 Å². The van der Waals surface area contributed by atoms with E-state index in [1.807, 2.05) is 0 Å². The van der Waals surface area contributed by atoms with Crippen LogP contribution in [0.5, 0.6) is 0 Å².